The molecule has 2 aromatic carbocycles. The Bertz CT molecular complexity index is 1110. The highest BCUT2D eigenvalue weighted by Crippen LogP contribution is 2.40. The SMILES string of the molecule is COc1ccc(-c2ccc(OC)c(OS(=O)(=O)C(F)(F)F)c2)cc1OS(=O)(=O)C(F)(F)F. The van der Waals surface area contributed by atoms with Crippen LogP contribution >= 0.6 is 0 Å². The smallest absolute Gasteiger partial charge is 0.493 e. The molecule has 0 N–H and O–H groups in total. The molecule has 0 fully saturated rings. The highest BCUT2D eigenvalue weighted by Gasteiger charge is 2.49. The largest absolute Gasteiger partial charge is 0.534 e. The summed E-state index contributed by atoms with van der Waals surface area (Å²) in [6, 6.07) is 5.99. The molecule has 0 aliphatic heterocycles. The third-order valence-corrected chi connectivity index (χ3v) is 5.56. The molecule has 8 nitrogen and oxygen atoms in total. The lowest BCUT2D eigenvalue weighted by Gasteiger charge is -2.15. The number of benzene rings is 2. The topological polar surface area (TPSA) is 105 Å². The van der Waals surface area contributed by atoms with Gasteiger partial charge in [0, 0.05) is 0 Å². The van der Waals surface area contributed by atoms with Crippen LogP contribution < -0.4 is 17.8 Å². The van der Waals surface area contributed by atoms with Crippen LogP contribution in [-0.2, 0) is 20.2 Å². The van der Waals surface area contributed by atoms with E-state index in [0.29, 0.717) is 0 Å². The van der Waals surface area contributed by atoms with Crippen molar-refractivity contribution in [2.45, 2.75) is 11.0 Å². The second-order valence-corrected chi connectivity index (χ2v) is 8.77. The summed E-state index contributed by atoms with van der Waals surface area (Å²) in [5, 5.41) is 0. The Morgan fingerprint density at radius 2 is 0.906 bits per heavy atom. The average molecular weight is 510 g/mol. The second kappa shape index (κ2) is 8.57. The van der Waals surface area contributed by atoms with Gasteiger partial charge < -0.3 is 17.8 Å². The molecule has 0 aromatic heterocycles. The molecule has 2 rings (SSSR count). The highest BCUT2D eigenvalue weighted by molar-refractivity contribution is 7.88. The van der Waals surface area contributed by atoms with Gasteiger partial charge in [0.25, 0.3) is 0 Å². The van der Waals surface area contributed by atoms with Crippen LogP contribution in [0.2, 0.25) is 0 Å². The molecule has 32 heavy (non-hydrogen) atoms. The minimum atomic E-state index is -6.07. The van der Waals surface area contributed by atoms with E-state index in [9.17, 15) is 43.2 Å². The molecule has 0 bridgehead atoms. The summed E-state index contributed by atoms with van der Waals surface area (Å²) in [6.07, 6.45) is 0. The Hall–Kier alpha value is -2.88. The molecule has 0 heterocycles. The average Bonchev–Trinajstić information content (AvgIpc) is 2.65. The van der Waals surface area contributed by atoms with Crippen LogP contribution in [0.5, 0.6) is 23.0 Å². The van der Waals surface area contributed by atoms with Crippen LogP contribution in [0.15, 0.2) is 36.4 Å². The van der Waals surface area contributed by atoms with Gasteiger partial charge in [0.15, 0.2) is 23.0 Å². The predicted molar refractivity (Wildman–Crippen MR) is 96.2 cm³/mol. The molecule has 0 radical (unpaired) electrons. The molecule has 0 saturated carbocycles. The van der Waals surface area contributed by atoms with Gasteiger partial charge in [0.1, 0.15) is 0 Å². The molecule has 16 heteroatoms. The maximum Gasteiger partial charge on any atom is 0.534 e. The predicted octanol–water partition coefficient (Wildman–Crippen LogP) is 3.83. The zero-order chi connectivity index (χ0) is 24.5. The maximum absolute atomic E-state index is 12.6. The van der Waals surface area contributed by atoms with Crippen molar-refractivity contribution in [2.75, 3.05) is 14.2 Å². The van der Waals surface area contributed by atoms with E-state index in [1.54, 1.807) is 0 Å². The minimum Gasteiger partial charge on any atom is -0.493 e. The Morgan fingerprint density at radius 1 is 0.594 bits per heavy atom. The van der Waals surface area contributed by atoms with Gasteiger partial charge in [0.05, 0.1) is 14.2 Å². The summed E-state index contributed by atoms with van der Waals surface area (Å²) in [6.45, 7) is 0. The minimum absolute atomic E-state index is 0.0879. The monoisotopic (exact) mass is 510 g/mol. The molecule has 178 valence electrons. The Labute approximate surface area is 177 Å². The van der Waals surface area contributed by atoms with E-state index in [-0.39, 0.29) is 11.1 Å². The van der Waals surface area contributed by atoms with Crippen LogP contribution in [0.3, 0.4) is 0 Å². The van der Waals surface area contributed by atoms with Gasteiger partial charge in [-0.3, -0.25) is 0 Å². The van der Waals surface area contributed by atoms with Crippen molar-refractivity contribution in [2.24, 2.45) is 0 Å². The van der Waals surface area contributed by atoms with Crippen LogP contribution in [0, 0.1) is 0 Å². The summed E-state index contributed by atoms with van der Waals surface area (Å²) in [5.74, 6) is -2.59. The van der Waals surface area contributed by atoms with Gasteiger partial charge in [0.2, 0.25) is 0 Å². The number of hydrogen-bond acceptors (Lipinski definition) is 8. The first-order chi connectivity index (χ1) is 14.5. The fraction of sp³-hybridized carbons (Fsp3) is 0.250. The summed E-state index contributed by atoms with van der Waals surface area (Å²) in [4.78, 5) is 0. The molecule has 0 aliphatic rings. The van der Waals surface area contributed by atoms with E-state index in [4.69, 9.17) is 9.47 Å². The third kappa shape index (κ3) is 5.29. The van der Waals surface area contributed by atoms with E-state index >= 15 is 0 Å². The standard InChI is InChI=1S/C16H12F6O8S2/c1-27-11-5-3-9(7-13(11)29-31(23,24)15(17,18)19)10-4-6-12(28-2)14(8-10)30-32(25,26)16(20,21)22/h3-8H,1-2H3. The van der Waals surface area contributed by atoms with E-state index in [1.165, 1.54) is 12.1 Å². The maximum atomic E-state index is 12.6. The first kappa shape index (κ1) is 25.4. The third-order valence-electron chi connectivity index (χ3n) is 3.63. The van der Waals surface area contributed by atoms with Gasteiger partial charge in [-0.05, 0) is 35.4 Å². The van der Waals surface area contributed by atoms with Gasteiger partial charge in [-0.1, -0.05) is 12.1 Å². The van der Waals surface area contributed by atoms with Crippen molar-refractivity contribution < 1.29 is 61.0 Å². The molecule has 0 saturated heterocycles. The number of rotatable bonds is 7. The van der Waals surface area contributed by atoms with Gasteiger partial charge in [-0.2, -0.15) is 43.2 Å². The highest BCUT2D eigenvalue weighted by atomic mass is 32.2. The van der Waals surface area contributed by atoms with Gasteiger partial charge in [-0.15, -0.1) is 0 Å². The van der Waals surface area contributed by atoms with Crippen molar-refractivity contribution in [3.05, 3.63) is 36.4 Å². The number of hydrogen-bond donors (Lipinski definition) is 0. The Morgan fingerprint density at radius 3 is 1.16 bits per heavy atom. The lowest BCUT2D eigenvalue weighted by Crippen LogP contribution is -2.28. The van der Waals surface area contributed by atoms with Crippen LogP contribution in [0.25, 0.3) is 11.1 Å². The molecule has 0 amide bonds. The molecular weight excluding hydrogens is 498 g/mol. The normalized spacial score (nSPS) is 12.9. The van der Waals surface area contributed by atoms with Crippen molar-refractivity contribution >= 4 is 20.2 Å². The van der Waals surface area contributed by atoms with Gasteiger partial charge >= 0.3 is 31.3 Å². The Kier molecular flexibility index (Phi) is 6.80. The zero-order valence-corrected chi connectivity index (χ0v) is 17.4. The zero-order valence-electron chi connectivity index (χ0n) is 15.8. The fourth-order valence-corrected chi connectivity index (χ4v) is 3.10. The lowest BCUT2D eigenvalue weighted by atomic mass is 10.0. The van der Waals surface area contributed by atoms with Gasteiger partial charge in [-0.25, -0.2) is 0 Å². The molecule has 0 atom stereocenters. The van der Waals surface area contributed by atoms with Crippen LogP contribution in [0.4, 0.5) is 26.3 Å². The summed E-state index contributed by atoms with van der Waals surface area (Å²) in [7, 11) is -10.1. The second-order valence-electron chi connectivity index (χ2n) is 5.70. The van der Waals surface area contributed by atoms with Crippen molar-refractivity contribution in [3.63, 3.8) is 0 Å². The first-order valence-corrected chi connectivity index (χ1v) is 10.7. The van der Waals surface area contributed by atoms with Crippen molar-refractivity contribution in [1.82, 2.24) is 0 Å². The van der Waals surface area contributed by atoms with Crippen LogP contribution in [-0.4, -0.2) is 42.1 Å². The van der Waals surface area contributed by atoms with Crippen LogP contribution in [0.1, 0.15) is 0 Å². The molecular formula is C16H12F6O8S2. The first-order valence-electron chi connectivity index (χ1n) is 7.90. The quantitative estimate of drug-likeness (QED) is 0.315. The van der Waals surface area contributed by atoms with E-state index in [0.717, 1.165) is 38.5 Å². The Balaban J connectivity index is 2.57. The van der Waals surface area contributed by atoms with E-state index in [2.05, 4.69) is 8.37 Å². The van der Waals surface area contributed by atoms with Crippen molar-refractivity contribution in [3.8, 4) is 34.1 Å². The number of alkyl halides is 6. The molecule has 0 spiro atoms. The number of halogens is 6. The van der Waals surface area contributed by atoms with Crippen molar-refractivity contribution in [1.29, 1.82) is 0 Å². The summed E-state index contributed by atoms with van der Waals surface area (Å²) >= 11 is 0. The number of methoxy groups -OCH3 is 2. The summed E-state index contributed by atoms with van der Waals surface area (Å²) in [5.41, 5.74) is -11.7. The van der Waals surface area contributed by atoms with E-state index in [1.807, 2.05) is 0 Å². The molecule has 0 aliphatic carbocycles. The molecule has 0 unspecified atom stereocenters. The fourth-order valence-electron chi connectivity index (χ4n) is 2.17. The lowest BCUT2D eigenvalue weighted by molar-refractivity contribution is -0.0505. The summed E-state index contributed by atoms with van der Waals surface area (Å²) < 4.78 is 139. The number of ether oxygens (including phenoxy) is 2. The van der Waals surface area contributed by atoms with E-state index < -0.39 is 54.3 Å². The molecule has 2 aromatic rings.